The Labute approximate surface area is 99.6 Å². The summed E-state index contributed by atoms with van der Waals surface area (Å²) in [6, 6.07) is 6.73. The van der Waals surface area contributed by atoms with E-state index in [2.05, 4.69) is 0 Å². The van der Waals surface area contributed by atoms with Crippen LogP contribution >= 0.6 is 22.3 Å². The number of rotatable bonds is 4. The second-order valence-electron chi connectivity index (χ2n) is 3.30. The molecule has 0 saturated carbocycles. The molecule has 84 valence electrons. The highest BCUT2D eigenvalue weighted by Crippen LogP contribution is 2.30. The van der Waals surface area contributed by atoms with Crippen molar-refractivity contribution in [1.29, 1.82) is 0 Å². The molecule has 0 aliphatic heterocycles. The summed E-state index contributed by atoms with van der Waals surface area (Å²) in [6.45, 7) is 1.92. The Balaban J connectivity index is 3.05. The summed E-state index contributed by atoms with van der Waals surface area (Å²) in [6.07, 6.45) is 1.28. The van der Waals surface area contributed by atoms with Gasteiger partial charge >= 0.3 is 0 Å². The van der Waals surface area contributed by atoms with Gasteiger partial charge in [0.2, 0.25) is 9.05 Å². The average Bonchev–Trinajstić information content (AvgIpc) is 2.14. The van der Waals surface area contributed by atoms with Crippen LogP contribution < -0.4 is 0 Å². The van der Waals surface area contributed by atoms with E-state index in [1.807, 2.05) is 6.92 Å². The molecular formula is C10H12Cl2O2S. The lowest BCUT2D eigenvalue weighted by Crippen LogP contribution is -2.06. The quantitative estimate of drug-likeness (QED) is 0.778. The molecule has 5 heteroatoms. The van der Waals surface area contributed by atoms with Gasteiger partial charge in [0.15, 0.2) is 0 Å². The second-order valence-corrected chi connectivity index (χ2v) is 6.55. The zero-order valence-corrected chi connectivity index (χ0v) is 10.6. The summed E-state index contributed by atoms with van der Waals surface area (Å²) in [5.74, 6) is 0. The Hall–Kier alpha value is -0.250. The Bertz CT molecular complexity index is 412. The van der Waals surface area contributed by atoms with E-state index in [0.29, 0.717) is 17.0 Å². The molecule has 0 aliphatic rings. The molecule has 15 heavy (non-hydrogen) atoms. The highest BCUT2D eigenvalue weighted by atomic mass is 35.7. The summed E-state index contributed by atoms with van der Waals surface area (Å²) >= 11 is 5.73. The summed E-state index contributed by atoms with van der Waals surface area (Å²) in [5.41, 5.74) is 0.691. The fraction of sp³-hybridized carbons (Fsp3) is 0.400. The maximum absolute atomic E-state index is 11.3. The average molecular weight is 267 g/mol. The molecule has 0 bridgehead atoms. The predicted octanol–water partition coefficient (Wildman–Crippen LogP) is 3.75. The molecule has 0 aliphatic carbocycles. The molecule has 1 aromatic carbocycles. The van der Waals surface area contributed by atoms with Gasteiger partial charge in [-0.05, 0) is 24.1 Å². The third-order valence-corrected chi connectivity index (χ3v) is 4.22. The molecule has 0 saturated heterocycles. The minimum atomic E-state index is -3.56. The van der Waals surface area contributed by atoms with Crippen LogP contribution in [0.3, 0.4) is 0 Å². The molecule has 1 unspecified atom stereocenters. The summed E-state index contributed by atoms with van der Waals surface area (Å²) in [4.78, 5) is 0. The Kier molecular flexibility index (Phi) is 4.44. The van der Waals surface area contributed by atoms with Crippen molar-refractivity contribution in [3.8, 4) is 0 Å². The minimum absolute atomic E-state index is 0.521. The molecule has 0 N–H and O–H groups in total. The highest BCUT2D eigenvalue weighted by molar-refractivity contribution is 8.13. The molecule has 1 rings (SSSR count). The van der Waals surface area contributed by atoms with Crippen molar-refractivity contribution in [2.75, 3.05) is 0 Å². The SMILES string of the molecule is CCCC(c1ccc(Cl)cc1)S(=O)(=O)Cl. The van der Waals surface area contributed by atoms with Gasteiger partial charge in [-0.3, -0.25) is 0 Å². The molecule has 0 aromatic heterocycles. The van der Waals surface area contributed by atoms with Gasteiger partial charge in [0.25, 0.3) is 0 Å². The molecule has 0 spiro atoms. The zero-order chi connectivity index (χ0) is 11.5. The lowest BCUT2D eigenvalue weighted by atomic mass is 10.1. The predicted molar refractivity (Wildman–Crippen MR) is 63.9 cm³/mol. The maximum atomic E-state index is 11.3. The summed E-state index contributed by atoms with van der Waals surface area (Å²) < 4.78 is 22.7. The fourth-order valence-corrected chi connectivity index (χ4v) is 3.11. The highest BCUT2D eigenvalue weighted by Gasteiger charge is 2.23. The van der Waals surface area contributed by atoms with Gasteiger partial charge in [-0.25, -0.2) is 8.42 Å². The lowest BCUT2D eigenvalue weighted by Gasteiger charge is -2.12. The Morgan fingerprint density at radius 2 is 1.80 bits per heavy atom. The van der Waals surface area contributed by atoms with Gasteiger partial charge in [-0.1, -0.05) is 37.1 Å². The zero-order valence-electron chi connectivity index (χ0n) is 8.28. The van der Waals surface area contributed by atoms with E-state index in [0.717, 1.165) is 6.42 Å². The van der Waals surface area contributed by atoms with Crippen molar-refractivity contribution in [2.24, 2.45) is 0 Å². The van der Waals surface area contributed by atoms with Gasteiger partial charge in [0, 0.05) is 15.7 Å². The summed E-state index contributed by atoms with van der Waals surface area (Å²) in [5, 5.41) is -0.0533. The molecule has 1 aromatic rings. The van der Waals surface area contributed by atoms with Crippen LogP contribution in [0.25, 0.3) is 0 Å². The van der Waals surface area contributed by atoms with Gasteiger partial charge in [0.05, 0.1) is 0 Å². The molecule has 0 heterocycles. The van der Waals surface area contributed by atoms with Crippen LogP contribution in [-0.2, 0) is 9.05 Å². The maximum Gasteiger partial charge on any atom is 0.239 e. The van der Waals surface area contributed by atoms with E-state index in [4.69, 9.17) is 22.3 Å². The molecule has 2 nitrogen and oxygen atoms in total. The number of halogens is 2. The van der Waals surface area contributed by atoms with Crippen LogP contribution in [0.15, 0.2) is 24.3 Å². The first-order chi connectivity index (χ1) is 6.95. The number of benzene rings is 1. The van der Waals surface area contributed by atoms with Gasteiger partial charge in [-0.2, -0.15) is 0 Å². The van der Waals surface area contributed by atoms with Crippen molar-refractivity contribution in [2.45, 2.75) is 25.0 Å². The molecule has 0 fully saturated rings. The van der Waals surface area contributed by atoms with Crippen LogP contribution in [0.5, 0.6) is 0 Å². The molecule has 0 radical (unpaired) electrons. The fourth-order valence-electron chi connectivity index (χ4n) is 1.41. The van der Waals surface area contributed by atoms with E-state index >= 15 is 0 Å². The monoisotopic (exact) mass is 266 g/mol. The van der Waals surface area contributed by atoms with E-state index in [-0.39, 0.29) is 0 Å². The first-order valence-corrected chi connectivity index (χ1v) is 7.39. The molecule has 1 atom stereocenters. The summed E-state index contributed by atoms with van der Waals surface area (Å²) in [7, 11) is 1.83. The Morgan fingerprint density at radius 3 is 2.20 bits per heavy atom. The van der Waals surface area contributed by atoms with Crippen LogP contribution in [0.4, 0.5) is 0 Å². The normalized spacial score (nSPS) is 13.8. The first-order valence-electron chi connectivity index (χ1n) is 4.64. The van der Waals surface area contributed by atoms with Gasteiger partial charge in [0.1, 0.15) is 5.25 Å². The van der Waals surface area contributed by atoms with Crippen molar-refractivity contribution in [1.82, 2.24) is 0 Å². The standard InChI is InChI=1S/C10H12Cl2O2S/c1-2-3-10(15(12,13)14)8-4-6-9(11)7-5-8/h4-7,10H,2-3H2,1H3. The van der Waals surface area contributed by atoms with E-state index in [1.165, 1.54) is 0 Å². The van der Waals surface area contributed by atoms with Crippen molar-refractivity contribution in [3.63, 3.8) is 0 Å². The van der Waals surface area contributed by atoms with E-state index in [9.17, 15) is 8.42 Å². The van der Waals surface area contributed by atoms with Crippen molar-refractivity contribution >= 4 is 31.3 Å². The largest absolute Gasteiger partial charge is 0.239 e. The molecule has 0 amide bonds. The van der Waals surface area contributed by atoms with Crippen LogP contribution in [0, 0.1) is 0 Å². The smallest absolute Gasteiger partial charge is 0.212 e. The third kappa shape index (κ3) is 3.67. The molecular weight excluding hydrogens is 255 g/mol. The van der Waals surface area contributed by atoms with E-state index in [1.54, 1.807) is 24.3 Å². The number of hydrogen-bond acceptors (Lipinski definition) is 2. The van der Waals surface area contributed by atoms with Crippen molar-refractivity contribution < 1.29 is 8.42 Å². The minimum Gasteiger partial charge on any atom is -0.212 e. The number of hydrogen-bond donors (Lipinski definition) is 0. The van der Waals surface area contributed by atoms with Gasteiger partial charge in [-0.15, -0.1) is 0 Å². The van der Waals surface area contributed by atoms with Gasteiger partial charge < -0.3 is 0 Å². The topological polar surface area (TPSA) is 34.1 Å². The lowest BCUT2D eigenvalue weighted by molar-refractivity contribution is 0.588. The second kappa shape index (κ2) is 5.19. The van der Waals surface area contributed by atoms with Crippen LogP contribution in [0.1, 0.15) is 30.6 Å². The van der Waals surface area contributed by atoms with E-state index < -0.39 is 14.3 Å². The third-order valence-electron chi connectivity index (χ3n) is 2.13. The van der Waals surface area contributed by atoms with Crippen LogP contribution in [-0.4, -0.2) is 8.42 Å². The Morgan fingerprint density at radius 1 is 1.27 bits per heavy atom. The first kappa shape index (κ1) is 12.8. The van der Waals surface area contributed by atoms with Crippen molar-refractivity contribution in [3.05, 3.63) is 34.9 Å². The van der Waals surface area contributed by atoms with Crippen LogP contribution in [0.2, 0.25) is 5.02 Å².